The number of urea groups is 1. The highest BCUT2D eigenvalue weighted by Crippen LogP contribution is 2.31. The van der Waals surface area contributed by atoms with Crippen molar-refractivity contribution in [3.05, 3.63) is 98.1 Å². The van der Waals surface area contributed by atoms with E-state index in [1.54, 1.807) is 49.4 Å². The van der Waals surface area contributed by atoms with E-state index >= 15 is 0 Å². The first-order valence-corrected chi connectivity index (χ1v) is 11.3. The summed E-state index contributed by atoms with van der Waals surface area (Å²) >= 11 is 6.05. The lowest BCUT2D eigenvalue weighted by Crippen LogP contribution is -2.54. The number of carbonyl (C=O) groups excluding carboxylic acids is 3. The molecule has 188 valence electrons. The maximum Gasteiger partial charge on any atom is 0.335 e. The van der Waals surface area contributed by atoms with E-state index in [-0.39, 0.29) is 23.6 Å². The average molecular weight is 522 g/mol. The molecular formula is C26H20ClN3O7. The van der Waals surface area contributed by atoms with Crippen LogP contribution >= 0.6 is 11.6 Å². The van der Waals surface area contributed by atoms with Gasteiger partial charge >= 0.3 is 6.03 Å². The summed E-state index contributed by atoms with van der Waals surface area (Å²) in [4.78, 5) is 49.4. The van der Waals surface area contributed by atoms with E-state index < -0.39 is 22.8 Å². The summed E-state index contributed by atoms with van der Waals surface area (Å²) in [6, 6.07) is 14.6. The number of ether oxygens (including phenoxy) is 2. The van der Waals surface area contributed by atoms with Crippen molar-refractivity contribution in [1.82, 2.24) is 5.32 Å². The van der Waals surface area contributed by atoms with Crippen LogP contribution in [0.15, 0.2) is 66.2 Å². The normalized spacial score (nSPS) is 14.5. The van der Waals surface area contributed by atoms with Crippen molar-refractivity contribution in [3.8, 4) is 11.5 Å². The summed E-state index contributed by atoms with van der Waals surface area (Å²) in [5.74, 6) is -0.910. The van der Waals surface area contributed by atoms with Gasteiger partial charge in [0.25, 0.3) is 17.5 Å². The average Bonchev–Trinajstić information content (AvgIpc) is 2.87. The summed E-state index contributed by atoms with van der Waals surface area (Å²) < 4.78 is 11.2. The van der Waals surface area contributed by atoms with Gasteiger partial charge in [-0.15, -0.1) is 0 Å². The molecule has 1 heterocycles. The zero-order chi connectivity index (χ0) is 26.7. The topological polar surface area (TPSA) is 128 Å². The Morgan fingerprint density at radius 2 is 1.76 bits per heavy atom. The minimum absolute atomic E-state index is 0.0224. The van der Waals surface area contributed by atoms with E-state index in [4.69, 9.17) is 21.1 Å². The third-order valence-electron chi connectivity index (χ3n) is 5.55. The summed E-state index contributed by atoms with van der Waals surface area (Å²) in [5, 5.41) is 13.3. The summed E-state index contributed by atoms with van der Waals surface area (Å²) in [6.07, 6.45) is 1.35. The fraction of sp³-hybridized carbons (Fsp3) is 0.115. The smallest absolute Gasteiger partial charge is 0.335 e. The first kappa shape index (κ1) is 25.4. The van der Waals surface area contributed by atoms with E-state index in [0.29, 0.717) is 33.2 Å². The SMILES string of the molecule is COc1cc(/C=C2\C(=O)NC(=O)N(c3cc(Cl)ccc3C)C2=O)ccc1OCc1ccc([N+](=O)[O-])cc1. The number of nitrogens with zero attached hydrogens (tertiary/aromatic N) is 2. The fourth-order valence-electron chi connectivity index (χ4n) is 3.63. The van der Waals surface area contributed by atoms with Gasteiger partial charge in [-0.1, -0.05) is 23.7 Å². The van der Waals surface area contributed by atoms with Gasteiger partial charge in [0.1, 0.15) is 12.2 Å². The molecule has 0 unspecified atom stereocenters. The molecule has 1 aliphatic heterocycles. The number of amides is 4. The van der Waals surface area contributed by atoms with Crippen LogP contribution in [0.5, 0.6) is 11.5 Å². The summed E-state index contributed by atoms with van der Waals surface area (Å²) in [5.41, 5.74) is 1.78. The molecule has 0 aromatic heterocycles. The molecule has 1 fully saturated rings. The van der Waals surface area contributed by atoms with Gasteiger partial charge in [-0.25, -0.2) is 9.69 Å². The Hall–Kier alpha value is -4.70. The van der Waals surface area contributed by atoms with Gasteiger partial charge < -0.3 is 9.47 Å². The van der Waals surface area contributed by atoms with Crippen LogP contribution in [0.1, 0.15) is 16.7 Å². The number of aryl methyl sites for hydroxylation is 1. The largest absolute Gasteiger partial charge is 0.493 e. The number of methoxy groups -OCH3 is 1. The Labute approximate surface area is 216 Å². The van der Waals surface area contributed by atoms with Crippen LogP contribution in [0, 0.1) is 17.0 Å². The number of imide groups is 2. The Morgan fingerprint density at radius 3 is 2.43 bits per heavy atom. The van der Waals surface area contributed by atoms with Gasteiger partial charge in [0.2, 0.25) is 0 Å². The van der Waals surface area contributed by atoms with Crippen LogP contribution in [0.3, 0.4) is 0 Å². The third kappa shape index (κ3) is 5.44. The van der Waals surface area contributed by atoms with Gasteiger partial charge in [-0.05, 0) is 66.1 Å². The number of hydrogen-bond acceptors (Lipinski definition) is 7. The van der Waals surface area contributed by atoms with E-state index in [2.05, 4.69) is 5.32 Å². The van der Waals surface area contributed by atoms with Crippen LogP contribution in [0.4, 0.5) is 16.2 Å². The minimum atomic E-state index is -0.870. The highest BCUT2D eigenvalue weighted by molar-refractivity contribution is 6.39. The van der Waals surface area contributed by atoms with Gasteiger partial charge in [0, 0.05) is 17.2 Å². The molecule has 4 amide bonds. The molecule has 0 atom stereocenters. The standard InChI is InChI=1S/C26H20ClN3O7/c1-15-3-7-18(27)13-21(15)29-25(32)20(24(31)28-26(29)33)11-17-6-10-22(23(12-17)36-2)37-14-16-4-8-19(9-5-16)30(34)35/h3-13H,14H2,1-2H3,(H,28,31,33)/b20-11+. The van der Waals surface area contributed by atoms with Crippen LogP contribution in [-0.2, 0) is 16.2 Å². The highest BCUT2D eigenvalue weighted by Gasteiger charge is 2.37. The second kappa shape index (κ2) is 10.5. The first-order valence-electron chi connectivity index (χ1n) is 10.9. The highest BCUT2D eigenvalue weighted by atomic mass is 35.5. The van der Waals surface area contributed by atoms with E-state index in [1.165, 1.54) is 31.4 Å². The second-order valence-corrected chi connectivity index (χ2v) is 8.45. The lowest BCUT2D eigenvalue weighted by atomic mass is 10.1. The first-order chi connectivity index (χ1) is 17.7. The molecule has 0 bridgehead atoms. The Kier molecular flexibility index (Phi) is 7.21. The zero-order valence-electron chi connectivity index (χ0n) is 19.7. The van der Waals surface area contributed by atoms with Gasteiger partial charge in [0.15, 0.2) is 11.5 Å². The number of halogens is 1. The molecule has 3 aromatic carbocycles. The van der Waals surface area contributed by atoms with Crippen LogP contribution in [0.2, 0.25) is 5.02 Å². The predicted octanol–water partition coefficient (Wildman–Crippen LogP) is 4.81. The molecule has 1 saturated heterocycles. The molecule has 0 radical (unpaired) electrons. The van der Waals surface area contributed by atoms with Crippen LogP contribution in [-0.4, -0.2) is 29.9 Å². The molecule has 0 aliphatic carbocycles. The molecule has 0 saturated carbocycles. The number of nitro benzene ring substituents is 1. The maximum absolute atomic E-state index is 13.2. The van der Waals surface area contributed by atoms with Crippen molar-refractivity contribution in [1.29, 1.82) is 0 Å². The molecule has 3 aromatic rings. The predicted molar refractivity (Wildman–Crippen MR) is 136 cm³/mol. The number of anilines is 1. The van der Waals surface area contributed by atoms with E-state index in [0.717, 1.165) is 4.90 Å². The Bertz CT molecular complexity index is 1450. The van der Waals surface area contributed by atoms with Crippen LogP contribution < -0.4 is 19.7 Å². The van der Waals surface area contributed by atoms with Crippen molar-refractivity contribution in [3.63, 3.8) is 0 Å². The quantitative estimate of drug-likeness (QED) is 0.204. The second-order valence-electron chi connectivity index (χ2n) is 8.01. The monoisotopic (exact) mass is 521 g/mol. The molecular weight excluding hydrogens is 502 g/mol. The van der Waals surface area contributed by atoms with E-state index in [1.807, 2.05) is 0 Å². The molecule has 11 heteroatoms. The fourth-order valence-corrected chi connectivity index (χ4v) is 3.80. The lowest BCUT2D eigenvalue weighted by molar-refractivity contribution is -0.384. The number of benzene rings is 3. The number of nitrogens with one attached hydrogen (secondary N) is 1. The number of nitro groups is 1. The molecule has 37 heavy (non-hydrogen) atoms. The molecule has 4 rings (SSSR count). The maximum atomic E-state index is 13.2. The van der Waals surface area contributed by atoms with Crippen LogP contribution in [0.25, 0.3) is 6.08 Å². The molecule has 0 spiro atoms. The van der Waals surface area contributed by atoms with E-state index in [9.17, 15) is 24.5 Å². The van der Waals surface area contributed by atoms with Crippen molar-refractivity contribution < 1.29 is 28.8 Å². The number of carbonyl (C=O) groups is 3. The Balaban J connectivity index is 1.58. The number of hydrogen-bond donors (Lipinski definition) is 1. The lowest BCUT2D eigenvalue weighted by Gasteiger charge is -2.27. The van der Waals surface area contributed by atoms with Gasteiger partial charge in [-0.2, -0.15) is 0 Å². The summed E-state index contributed by atoms with van der Waals surface area (Å²) in [7, 11) is 1.44. The number of non-ortho nitro benzene ring substituents is 1. The van der Waals surface area contributed by atoms with Gasteiger partial charge in [-0.3, -0.25) is 25.0 Å². The molecule has 10 nitrogen and oxygen atoms in total. The number of rotatable bonds is 7. The molecule has 1 aliphatic rings. The zero-order valence-corrected chi connectivity index (χ0v) is 20.4. The van der Waals surface area contributed by atoms with Crippen molar-refractivity contribution in [2.45, 2.75) is 13.5 Å². The number of barbiturate groups is 1. The third-order valence-corrected chi connectivity index (χ3v) is 5.79. The minimum Gasteiger partial charge on any atom is -0.493 e. The van der Waals surface area contributed by atoms with Crippen molar-refractivity contribution in [2.24, 2.45) is 0 Å². The van der Waals surface area contributed by atoms with Gasteiger partial charge in [0.05, 0.1) is 17.7 Å². The Morgan fingerprint density at radius 1 is 1.03 bits per heavy atom. The van der Waals surface area contributed by atoms with Crippen molar-refractivity contribution in [2.75, 3.05) is 12.0 Å². The molecule has 1 N–H and O–H groups in total. The summed E-state index contributed by atoms with van der Waals surface area (Å²) in [6.45, 7) is 1.85. The van der Waals surface area contributed by atoms with Crippen molar-refractivity contribution >= 4 is 46.9 Å².